The van der Waals surface area contributed by atoms with E-state index in [1.165, 1.54) is 10.9 Å². The zero-order valence-corrected chi connectivity index (χ0v) is 24.6. The number of aliphatic hydroxyl groups excluding tert-OH is 4. The molecular weight excluding hydrogens is 642 g/mol. The third-order valence-electron chi connectivity index (χ3n) is 6.36. The molecular formula is C20H32N6O16P2. The van der Waals surface area contributed by atoms with Gasteiger partial charge in [-0.1, -0.05) is 0 Å². The molecule has 2 aliphatic heterocycles. The fourth-order valence-electron chi connectivity index (χ4n) is 4.17. The smallest absolute Gasteiger partial charge is 0.465 e. The third kappa shape index (κ3) is 7.94. The second-order valence-corrected chi connectivity index (χ2v) is 12.5. The van der Waals surface area contributed by atoms with Crippen LogP contribution < -0.4 is 11.5 Å². The topological polar surface area (TPSA) is 333 Å². The molecule has 0 aliphatic carbocycles. The number of nitrogen functional groups attached to an aromatic ring is 1. The number of anilines is 1. The molecule has 44 heavy (non-hydrogen) atoms. The van der Waals surface area contributed by atoms with Crippen LogP contribution in [0.1, 0.15) is 13.2 Å². The molecule has 0 bridgehead atoms. The summed E-state index contributed by atoms with van der Waals surface area (Å²) in [4.78, 5) is 43.3. The summed E-state index contributed by atoms with van der Waals surface area (Å²) in [6.45, 7) is -0.683. The number of phosphoric ester groups is 2. The van der Waals surface area contributed by atoms with E-state index in [0.29, 0.717) is 0 Å². The van der Waals surface area contributed by atoms with Crippen LogP contribution in [0, 0.1) is 0 Å². The Morgan fingerprint density at radius 1 is 1.00 bits per heavy atom. The molecule has 248 valence electrons. The first-order valence-corrected chi connectivity index (χ1v) is 15.8. The maximum atomic E-state index is 12.4. The van der Waals surface area contributed by atoms with Gasteiger partial charge in [0.15, 0.2) is 24.0 Å². The van der Waals surface area contributed by atoms with Crippen LogP contribution in [0.3, 0.4) is 0 Å². The van der Waals surface area contributed by atoms with Crippen molar-refractivity contribution in [2.45, 2.75) is 62.1 Å². The van der Waals surface area contributed by atoms with Crippen molar-refractivity contribution in [2.75, 3.05) is 32.2 Å². The van der Waals surface area contributed by atoms with Gasteiger partial charge in [0, 0.05) is 0 Å². The van der Waals surface area contributed by atoms with E-state index in [1.54, 1.807) is 6.92 Å². The minimum absolute atomic E-state index is 0.0461. The van der Waals surface area contributed by atoms with Crippen LogP contribution in [0.15, 0.2) is 12.7 Å². The molecule has 24 heteroatoms. The van der Waals surface area contributed by atoms with Crippen LogP contribution in [0.2, 0.25) is 0 Å². The molecule has 10 N–H and O–H groups in total. The molecule has 0 radical (unpaired) electrons. The van der Waals surface area contributed by atoms with E-state index in [2.05, 4.69) is 28.3 Å². The molecule has 2 aliphatic rings. The summed E-state index contributed by atoms with van der Waals surface area (Å²) in [5, 5.41) is 41.1. The third-order valence-corrected chi connectivity index (χ3v) is 8.96. The summed E-state index contributed by atoms with van der Waals surface area (Å²) < 4.78 is 60.1. The van der Waals surface area contributed by atoms with Crippen molar-refractivity contribution in [2.24, 2.45) is 5.73 Å². The number of aromatic nitrogens is 4. The van der Waals surface area contributed by atoms with Gasteiger partial charge < -0.3 is 60.6 Å². The number of carbonyl (C=O) groups excluding carboxylic acids is 1. The summed E-state index contributed by atoms with van der Waals surface area (Å²) in [7, 11) is -10.8. The van der Waals surface area contributed by atoms with Gasteiger partial charge in [0.1, 0.15) is 54.5 Å². The minimum atomic E-state index is -5.38. The lowest BCUT2D eigenvalue weighted by Gasteiger charge is -2.20. The second-order valence-electron chi connectivity index (χ2n) is 9.46. The van der Waals surface area contributed by atoms with Crippen LogP contribution in [0.4, 0.5) is 5.82 Å². The van der Waals surface area contributed by atoms with Gasteiger partial charge in [0.2, 0.25) is 0 Å². The van der Waals surface area contributed by atoms with Crippen LogP contribution in [-0.4, -0.2) is 131 Å². The Hall–Kier alpha value is -2.24. The molecule has 2 aromatic heterocycles. The molecule has 0 spiro atoms. The quantitative estimate of drug-likeness (QED) is 0.0716. The maximum absolute atomic E-state index is 12.4. The van der Waals surface area contributed by atoms with Gasteiger partial charge in [-0.25, -0.2) is 24.1 Å². The van der Waals surface area contributed by atoms with Crippen molar-refractivity contribution in [1.29, 1.82) is 0 Å². The van der Waals surface area contributed by atoms with E-state index in [0.717, 1.165) is 6.33 Å². The van der Waals surface area contributed by atoms with Crippen LogP contribution in [0.25, 0.3) is 11.2 Å². The summed E-state index contributed by atoms with van der Waals surface area (Å²) >= 11 is 0. The number of aliphatic hydroxyl groups is 4. The predicted molar refractivity (Wildman–Crippen MR) is 140 cm³/mol. The highest BCUT2D eigenvalue weighted by atomic mass is 31.3. The second kappa shape index (κ2) is 14.0. The van der Waals surface area contributed by atoms with E-state index < -0.39 is 96.6 Å². The van der Waals surface area contributed by atoms with Crippen molar-refractivity contribution in [3.8, 4) is 0 Å². The van der Waals surface area contributed by atoms with Gasteiger partial charge in [-0.15, -0.1) is 0 Å². The molecule has 11 atom stereocenters. The van der Waals surface area contributed by atoms with Gasteiger partial charge in [-0.05, 0) is 6.92 Å². The van der Waals surface area contributed by atoms with Gasteiger partial charge in [-0.2, -0.15) is 4.31 Å². The number of esters is 1. The van der Waals surface area contributed by atoms with Crippen LogP contribution in [-0.2, 0) is 46.2 Å². The summed E-state index contributed by atoms with van der Waals surface area (Å²) in [6.07, 6.45) is -10.0. The highest BCUT2D eigenvalue weighted by molar-refractivity contribution is 7.61. The van der Waals surface area contributed by atoms with Crippen molar-refractivity contribution in [3.63, 3.8) is 0 Å². The van der Waals surface area contributed by atoms with E-state index in [9.17, 15) is 44.1 Å². The lowest BCUT2D eigenvalue weighted by molar-refractivity contribution is -0.176. The summed E-state index contributed by atoms with van der Waals surface area (Å²) in [6, 6.07) is -1.23. The molecule has 2 aromatic rings. The number of phosphoric acid groups is 2. The fraction of sp³-hybridized carbons (Fsp3) is 0.700. The average Bonchev–Trinajstić information content (AvgIpc) is 3.59. The van der Waals surface area contributed by atoms with Gasteiger partial charge >= 0.3 is 21.6 Å². The lowest BCUT2D eigenvalue weighted by atomic mass is 10.1. The summed E-state index contributed by atoms with van der Waals surface area (Å²) in [5.41, 5.74) is 11.7. The van der Waals surface area contributed by atoms with Crippen molar-refractivity contribution in [1.82, 2.24) is 19.5 Å². The number of nitrogens with two attached hydrogens (primary N) is 2. The Morgan fingerprint density at radius 3 is 2.25 bits per heavy atom. The number of fused-ring (bicyclic) bond motifs is 1. The Bertz CT molecular complexity index is 1400. The lowest BCUT2D eigenvalue weighted by Crippen LogP contribution is -2.40. The number of carbonyl (C=O) groups is 1. The first kappa shape index (κ1) is 34.6. The highest BCUT2D eigenvalue weighted by Crippen LogP contribution is 2.60. The molecule has 2 unspecified atom stereocenters. The molecule has 4 rings (SSSR count). The molecule has 0 aromatic carbocycles. The minimum Gasteiger partial charge on any atom is -0.465 e. The van der Waals surface area contributed by atoms with Crippen molar-refractivity contribution < 1.29 is 76.4 Å². The molecule has 2 saturated heterocycles. The predicted octanol–water partition coefficient (Wildman–Crippen LogP) is -3.37. The zero-order valence-electron chi connectivity index (χ0n) is 22.8. The standard InChI is InChI=1S/C20H32N6O16P2/c1-2-36-19(31)8(21)3-37-20-15(30)13(28)10(41-20)5-39-44(34,35)42-43(32,33)38-4-9-12(27)14(29)18(40-9)26-7-25-11-16(22)23-6-24-17(11)26/h6-10,12-15,18,20,27-30H,2-5,21H2,1H3,(H,32,33)(H,34,35)(H2,22,23,24)/t8-,9+,10+,12+,13+,14+,15+,18+,20+/m0/s1. The molecule has 4 heterocycles. The first-order chi connectivity index (χ1) is 20.6. The summed E-state index contributed by atoms with van der Waals surface area (Å²) in [5.74, 6) is -0.739. The largest absolute Gasteiger partial charge is 0.481 e. The van der Waals surface area contributed by atoms with Crippen LogP contribution in [0.5, 0.6) is 0 Å². The Balaban J connectivity index is 1.27. The van der Waals surface area contributed by atoms with E-state index in [-0.39, 0.29) is 23.6 Å². The number of nitrogens with zero attached hydrogens (tertiary/aromatic N) is 4. The van der Waals surface area contributed by atoms with Crippen molar-refractivity contribution in [3.05, 3.63) is 12.7 Å². The zero-order chi connectivity index (χ0) is 32.4. The Labute approximate surface area is 247 Å². The fourth-order valence-corrected chi connectivity index (χ4v) is 6.26. The average molecular weight is 674 g/mol. The Morgan fingerprint density at radius 2 is 1.61 bits per heavy atom. The van der Waals surface area contributed by atoms with Gasteiger partial charge in [0.05, 0.1) is 32.8 Å². The SMILES string of the molecule is CCOC(=O)[C@@H](N)CO[C@@H]1O[C@H](COP(=O)(O)OP(=O)(O)OC[C@H]2O[C@@H](n3cnc4c(N)ncnc43)[C@H](O)[C@@H]2O)[C@@H](O)[C@H]1O. The normalized spacial score (nSPS) is 32.4. The van der Waals surface area contributed by atoms with Crippen molar-refractivity contribution >= 4 is 38.6 Å². The number of hydrogen-bond donors (Lipinski definition) is 8. The van der Waals surface area contributed by atoms with E-state index >= 15 is 0 Å². The maximum Gasteiger partial charge on any atom is 0.481 e. The van der Waals surface area contributed by atoms with Crippen LogP contribution >= 0.6 is 15.6 Å². The number of ether oxygens (including phenoxy) is 4. The number of imidazole rings is 1. The first-order valence-electron chi connectivity index (χ1n) is 12.8. The van der Waals surface area contributed by atoms with Gasteiger partial charge in [0.25, 0.3) is 0 Å². The molecule has 0 amide bonds. The van der Waals surface area contributed by atoms with E-state index in [1.807, 2.05) is 0 Å². The Kier molecular flexibility index (Phi) is 11.0. The monoisotopic (exact) mass is 674 g/mol. The van der Waals surface area contributed by atoms with E-state index in [4.69, 9.17) is 30.4 Å². The number of rotatable bonds is 14. The number of hydrogen-bond acceptors (Lipinski definition) is 19. The molecule has 22 nitrogen and oxygen atoms in total. The van der Waals surface area contributed by atoms with Gasteiger partial charge in [-0.3, -0.25) is 18.4 Å². The molecule has 2 fully saturated rings. The highest BCUT2D eigenvalue weighted by Gasteiger charge is 2.48. The molecule has 0 saturated carbocycles.